The molecular weight excluding hydrogens is 364 g/mol. The molecule has 0 aliphatic carbocycles. The molecule has 0 atom stereocenters. The van der Waals surface area contributed by atoms with Gasteiger partial charge in [0.1, 0.15) is 5.70 Å². The second-order valence-corrected chi connectivity index (χ2v) is 7.13. The third kappa shape index (κ3) is 2.91. The average Bonchev–Trinajstić information content (AvgIpc) is 3.04. The summed E-state index contributed by atoms with van der Waals surface area (Å²) in [5.74, 6) is -0.550. The molecule has 2 amide bonds. The van der Waals surface area contributed by atoms with E-state index in [1.807, 2.05) is 77.7 Å². The molecule has 5 nitrogen and oxygen atoms in total. The largest absolute Gasteiger partial charge is 0.378 e. The molecule has 0 saturated carbocycles. The van der Waals surface area contributed by atoms with Crippen molar-refractivity contribution in [1.29, 1.82) is 0 Å². The van der Waals surface area contributed by atoms with Crippen LogP contribution in [0.1, 0.15) is 5.56 Å². The first-order chi connectivity index (χ1) is 14.3. The van der Waals surface area contributed by atoms with Crippen LogP contribution in [0.3, 0.4) is 0 Å². The number of fused-ring (bicyclic) bond motifs is 1. The Morgan fingerprint density at radius 1 is 0.724 bits per heavy atom. The standard InChI is InChI=1S/C24H20N2O3/c27-23-21(18-8-2-1-3-9-18)22(25-13-15-29-16-14-25)24(28)26(23)20-12-6-10-17-7-4-5-11-19(17)20/h1-12H,13-16H2. The van der Waals surface area contributed by atoms with Crippen molar-refractivity contribution >= 4 is 33.8 Å². The van der Waals surface area contributed by atoms with Gasteiger partial charge in [-0.25, -0.2) is 4.90 Å². The lowest BCUT2D eigenvalue weighted by molar-refractivity contribution is -0.121. The van der Waals surface area contributed by atoms with Crippen LogP contribution in [0, 0.1) is 0 Å². The Hall–Kier alpha value is -3.44. The van der Waals surface area contributed by atoms with Gasteiger partial charge in [-0.2, -0.15) is 0 Å². The van der Waals surface area contributed by atoms with Crippen LogP contribution >= 0.6 is 0 Å². The highest BCUT2D eigenvalue weighted by Crippen LogP contribution is 2.37. The van der Waals surface area contributed by atoms with Gasteiger partial charge in [0.25, 0.3) is 11.8 Å². The maximum atomic E-state index is 13.6. The molecule has 2 aliphatic rings. The molecule has 0 aromatic heterocycles. The number of imide groups is 1. The molecule has 5 heteroatoms. The molecule has 0 unspecified atom stereocenters. The van der Waals surface area contributed by atoms with Gasteiger partial charge in [-0.15, -0.1) is 0 Å². The number of amides is 2. The summed E-state index contributed by atoms with van der Waals surface area (Å²) in [6.07, 6.45) is 0. The van der Waals surface area contributed by atoms with Gasteiger partial charge in [-0.1, -0.05) is 66.7 Å². The zero-order valence-electron chi connectivity index (χ0n) is 15.9. The van der Waals surface area contributed by atoms with E-state index in [0.29, 0.717) is 43.3 Å². The number of carbonyl (C=O) groups excluding carboxylic acids is 2. The number of rotatable bonds is 3. The normalized spacial score (nSPS) is 17.5. The third-order valence-corrected chi connectivity index (χ3v) is 5.46. The number of ether oxygens (including phenoxy) is 1. The summed E-state index contributed by atoms with van der Waals surface area (Å²) in [7, 11) is 0. The summed E-state index contributed by atoms with van der Waals surface area (Å²) in [5, 5.41) is 1.87. The molecule has 0 radical (unpaired) electrons. The van der Waals surface area contributed by atoms with Crippen molar-refractivity contribution in [1.82, 2.24) is 4.90 Å². The maximum absolute atomic E-state index is 13.6. The van der Waals surface area contributed by atoms with E-state index in [9.17, 15) is 9.59 Å². The van der Waals surface area contributed by atoms with Crippen LogP contribution in [-0.4, -0.2) is 43.0 Å². The fourth-order valence-electron chi connectivity index (χ4n) is 4.09. The van der Waals surface area contributed by atoms with Crippen molar-refractivity contribution in [2.45, 2.75) is 0 Å². The summed E-state index contributed by atoms with van der Waals surface area (Å²) in [5.41, 5.74) is 2.31. The molecule has 1 saturated heterocycles. The van der Waals surface area contributed by atoms with Crippen molar-refractivity contribution in [3.05, 3.63) is 84.1 Å². The predicted molar refractivity (Wildman–Crippen MR) is 112 cm³/mol. The first-order valence-electron chi connectivity index (χ1n) is 9.74. The summed E-state index contributed by atoms with van der Waals surface area (Å²) in [6.45, 7) is 2.27. The van der Waals surface area contributed by atoms with Gasteiger partial charge in [0.2, 0.25) is 0 Å². The van der Waals surface area contributed by atoms with Crippen molar-refractivity contribution in [3.63, 3.8) is 0 Å². The van der Waals surface area contributed by atoms with Gasteiger partial charge in [0.15, 0.2) is 0 Å². The number of benzene rings is 3. The fraction of sp³-hybridized carbons (Fsp3) is 0.167. The molecule has 2 aliphatic heterocycles. The van der Waals surface area contributed by atoms with E-state index >= 15 is 0 Å². The molecule has 0 spiro atoms. The highest BCUT2D eigenvalue weighted by atomic mass is 16.5. The monoisotopic (exact) mass is 384 g/mol. The average molecular weight is 384 g/mol. The first-order valence-corrected chi connectivity index (χ1v) is 9.74. The van der Waals surface area contributed by atoms with Crippen molar-refractivity contribution in [2.24, 2.45) is 0 Å². The van der Waals surface area contributed by atoms with Crippen LogP contribution < -0.4 is 4.90 Å². The van der Waals surface area contributed by atoms with E-state index in [4.69, 9.17) is 4.74 Å². The second-order valence-electron chi connectivity index (χ2n) is 7.13. The van der Waals surface area contributed by atoms with Crippen LogP contribution in [0.5, 0.6) is 0 Å². The minimum Gasteiger partial charge on any atom is -0.378 e. The van der Waals surface area contributed by atoms with Crippen LogP contribution in [0.2, 0.25) is 0 Å². The smallest absolute Gasteiger partial charge is 0.282 e. The molecule has 5 rings (SSSR count). The quantitative estimate of drug-likeness (QED) is 0.649. The lowest BCUT2D eigenvalue weighted by Crippen LogP contribution is -2.40. The van der Waals surface area contributed by atoms with E-state index in [2.05, 4.69) is 0 Å². The third-order valence-electron chi connectivity index (χ3n) is 5.46. The van der Waals surface area contributed by atoms with E-state index in [1.165, 1.54) is 4.90 Å². The highest BCUT2D eigenvalue weighted by molar-refractivity contribution is 6.46. The molecule has 0 bridgehead atoms. The lowest BCUT2D eigenvalue weighted by Gasteiger charge is -2.29. The highest BCUT2D eigenvalue weighted by Gasteiger charge is 2.43. The number of carbonyl (C=O) groups is 2. The molecular formula is C24H20N2O3. The Morgan fingerprint density at radius 3 is 2.21 bits per heavy atom. The summed E-state index contributed by atoms with van der Waals surface area (Å²) >= 11 is 0. The summed E-state index contributed by atoms with van der Waals surface area (Å²) in [6, 6.07) is 22.9. The topological polar surface area (TPSA) is 49.9 Å². The fourth-order valence-corrected chi connectivity index (χ4v) is 4.09. The van der Waals surface area contributed by atoms with Gasteiger partial charge < -0.3 is 9.64 Å². The number of nitrogens with zero attached hydrogens (tertiary/aromatic N) is 2. The molecule has 3 aromatic carbocycles. The van der Waals surface area contributed by atoms with Gasteiger partial charge in [0.05, 0.1) is 24.5 Å². The Labute approximate surface area is 168 Å². The second kappa shape index (κ2) is 7.18. The van der Waals surface area contributed by atoms with Crippen LogP contribution in [0.4, 0.5) is 5.69 Å². The van der Waals surface area contributed by atoms with Crippen LogP contribution in [0.25, 0.3) is 16.3 Å². The van der Waals surface area contributed by atoms with Crippen molar-refractivity contribution in [3.8, 4) is 0 Å². The number of hydrogen-bond donors (Lipinski definition) is 0. The Balaban J connectivity index is 1.67. The minimum atomic E-state index is -0.279. The number of anilines is 1. The van der Waals surface area contributed by atoms with Gasteiger partial charge in [-0.3, -0.25) is 9.59 Å². The summed E-state index contributed by atoms with van der Waals surface area (Å²) in [4.78, 5) is 30.5. The van der Waals surface area contributed by atoms with Crippen molar-refractivity contribution < 1.29 is 14.3 Å². The van der Waals surface area contributed by atoms with E-state index < -0.39 is 0 Å². The molecule has 144 valence electrons. The van der Waals surface area contributed by atoms with E-state index in [0.717, 1.165) is 16.3 Å². The van der Waals surface area contributed by atoms with Gasteiger partial charge >= 0.3 is 0 Å². The SMILES string of the molecule is O=C1C(c2ccccc2)=C(N2CCOCC2)C(=O)N1c1cccc2ccccc12. The molecule has 0 N–H and O–H groups in total. The minimum absolute atomic E-state index is 0.271. The van der Waals surface area contributed by atoms with Crippen LogP contribution in [0.15, 0.2) is 78.5 Å². The number of hydrogen-bond acceptors (Lipinski definition) is 4. The predicted octanol–water partition coefficient (Wildman–Crippen LogP) is 3.46. The van der Waals surface area contributed by atoms with Gasteiger partial charge in [0, 0.05) is 18.5 Å². The Morgan fingerprint density at radius 2 is 1.41 bits per heavy atom. The first kappa shape index (κ1) is 17.6. The number of morpholine rings is 1. The molecule has 3 aromatic rings. The molecule has 1 fully saturated rings. The zero-order chi connectivity index (χ0) is 19.8. The van der Waals surface area contributed by atoms with E-state index in [-0.39, 0.29) is 11.8 Å². The van der Waals surface area contributed by atoms with E-state index in [1.54, 1.807) is 0 Å². The Kier molecular flexibility index (Phi) is 4.37. The van der Waals surface area contributed by atoms with Gasteiger partial charge in [-0.05, 0) is 17.0 Å². The maximum Gasteiger partial charge on any atom is 0.282 e. The van der Waals surface area contributed by atoms with Crippen LogP contribution in [-0.2, 0) is 14.3 Å². The zero-order valence-corrected chi connectivity index (χ0v) is 15.9. The molecule has 29 heavy (non-hydrogen) atoms. The van der Waals surface area contributed by atoms with Crippen molar-refractivity contribution in [2.75, 3.05) is 31.2 Å². The lowest BCUT2D eigenvalue weighted by atomic mass is 10.0. The Bertz CT molecular complexity index is 1130. The summed E-state index contributed by atoms with van der Waals surface area (Å²) < 4.78 is 5.46. The molecule has 2 heterocycles.